The highest BCUT2D eigenvalue weighted by atomic mass is 19.2. The Hall–Kier alpha value is -3.19. The molecule has 0 amide bonds. The summed E-state index contributed by atoms with van der Waals surface area (Å²) in [5.74, 6) is -32.6. The van der Waals surface area contributed by atoms with Crippen molar-refractivity contribution in [1.29, 1.82) is 0 Å². The van der Waals surface area contributed by atoms with Crippen LogP contribution in [0.25, 0.3) is 10.8 Å². The SMILES string of the molecule is CCCCCCC(C)(C)CN(c1c(F)c(F)c(F)c2c(F)c(F)c(F)c(F)c12)C1(F)C(F)=C(F)C2=C(C(F)=C(F)[CH]2)C1F. The maximum atomic E-state index is 17.0. The quantitative estimate of drug-likeness (QED) is 0.0875. The number of benzene rings is 2. The van der Waals surface area contributed by atoms with Crippen LogP contribution >= 0.6 is 0 Å². The van der Waals surface area contributed by atoms with Gasteiger partial charge in [0.2, 0.25) is 0 Å². The summed E-state index contributed by atoms with van der Waals surface area (Å²) in [5, 5.41) is -4.12. The molecule has 1 nitrogen and oxygen atoms in total. The highest BCUT2D eigenvalue weighted by Crippen LogP contribution is 2.55. The van der Waals surface area contributed by atoms with Gasteiger partial charge in [-0.05, 0) is 11.8 Å². The first-order chi connectivity index (χ1) is 19.9. The molecule has 0 aromatic heterocycles. The zero-order valence-corrected chi connectivity index (χ0v) is 22.8. The molecule has 1 radical (unpaired) electrons. The van der Waals surface area contributed by atoms with Gasteiger partial charge in [0.25, 0.3) is 5.79 Å². The lowest BCUT2D eigenvalue weighted by Crippen LogP contribution is -2.58. The second-order valence-electron chi connectivity index (χ2n) is 11.2. The fraction of sp³-hybridized carbons (Fsp3) is 0.414. The topological polar surface area (TPSA) is 3.24 Å². The lowest BCUT2D eigenvalue weighted by molar-refractivity contribution is 0.0608. The lowest BCUT2D eigenvalue weighted by atomic mass is 9.82. The van der Waals surface area contributed by atoms with E-state index in [1.165, 1.54) is 13.8 Å². The molecule has 2 atom stereocenters. The van der Waals surface area contributed by atoms with E-state index < -0.39 is 120 Å². The average Bonchev–Trinajstić information content (AvgIpc) is 3.26. The van der Waals surface area contributed by atoms with Crippen LogP contribution in [-0.4, -0.2) is 18.5 Å². The van der Waals surface area contributed by atoms with Crippen LogP contribution in [0.15, 0.2) is 34.5 Å². The highest BCUT2D eigenvalue weighted by Gasteiger charge is 2.60. The van der Waals surface area contributed by atoms with Crippen molar-refractivity contribution in [2.45, 2.75) is 64.8 Å². The van der Waals surface area contributed by atoms with E-state index in [-0.39, 0.29) is 12.8 Å². The van der Waals surface area contributed by atoms with Gasteiger partial charge in [0, 0.05) is 17.7 Å². The molecule has 0 saturated heterocycles. The molecule has 0 bridgehead atoms. The van der Waals surface area contributed by atoms with Crippen LogP contribution < -0.4 is 4.90 Å². The molecule has 2 unspecified atom stereocenters. The fourth-order valence-corrected chi connectivity index (χ4v) is 5.40. The predicted molar refractivity (Wildman–Crippen MR) is 132 cm³/mol. The highest BCUT2D eigenvalue weighted by molar-refractivity contribution is 5.97. The van der Waals surface area contributed by atoms with Gasteiger partial charge in [-0.1, -0.05) is 46.5 Å². The van der Waals surface area contributed by atoms with Crippen molar-refractivity contribution in [2.75, 3.05) is 11.4 Å². The molecule has 0 spiro atoms. The number of nitrogens with zero attached hydrogens (tertiary/aromatic N) is 1. The van der Waals surface area contributed by atoms with Crippen LogP contribution in [0.5, 0.6) is 0 Å². The van der Waals surface area contributed by atoms with Gasteiger partial charge >= 0.3 is 0 Å². The van der Waals surface area contributed by atoms with Crippen molar-refractivity contribution in [3.05, 3.63) is 81.6 Å². The molecule has 14 heteroatoms. The summed E-state index contributed by atoms with van der Waals surface area (Å²) in [5.41, 5.74) is -6.62. The summed E-state index contributed by atoms with van der Waals surface area (Å²) in [4.78, 5) is -0.486. The van der Waals surface area contributed by atoms with Crippen LogP contribution in [0.2, 0.25) is 0 Å². The van der Waals surface area contributed by atoms with Gasteiger partial charge in [0.15, 0.2) is 64.4 Å². The number of fused-ring (bicyclic) bond motifs is 1. The Morgan fingerprint density at radius 1 is 0.721 bits per heavy atom. The third-order valence-corrected chi connectivity index (χ3v) is 7.61. The molecule has 0 aliphatic heterocycles. The minimum absolute atomic E-state index is 0.00842. The standard InChI is InChI=1S/C29H23F13N/c1-4-5-6-7-8-28(2,3)10-43(29(42)26(40)13-11(16(31)27(29)41)9-12(30)17(13)32)25-15-14(19(34)23(38)24(25)39)18(33)21(36)22(37)20(15)35/h9,26H,4-8,10H2,1-3H3. The van der Waals surface area contributed by atoms with Crippen molar-refractivity contribution in [3.63, 3.8) is 0 Å². The van der Waals surface area contributed by atoms with Gasteiger partial charge in [-0.3, -0.25) is 0 Å². The van der Waals surface area contributed by atoms with Crippen molar-refractivity contribution in [2.24, 2.45) is 5.41 Å². The number of hydrogen-bond donors (Lipinski definition) is 0. The number of alkyl halides is 2. The molecule has 4 rings (SSSR count). The van der Waals surface area contributed by atoms with Crippen molar-refractivity contribution in [1.82, 2.24) is 0 Å². The molecular weight excluding hydrogens is 609 g/mol. The van der Waals surface area contributed by atoms with Gasteiger partial charge < -0.3 is 4.90 Å². The van der Waals surface area contributed by atoms with Crippen LogP contribution in [0.1, 0.15) is 52.9 Å². The lowest BCUT2D eigenvalue weighted by Gasteiger charge is -2.46. The van der Waals surface area contributed by atoms with Gasteiger partial charge in [-0.25, -0.2) is 57.1 Å². The number of rotatable bonds is 9. The van der Waals surface area contributed by atoms with Crippen molar-refractivity contribution in [3.8, 4) is 0 Å². The molecule has 2 aliphatic carbocycles. The first kappa shape index (κ1) is 32.7. The zero-order chi connectivity index (χ0) is 32.3. The minimum atomic E-state index is -4.80. The molecular formula is C29H23F13N. The smallest absolute Gasteiger partial charge is 0.273 e. The maximum Gasteiger partial charge on any atom is 0.273 e. The minimum Gasteiger partial charge on any atom is -0.327 e. The van der Waals surface area contributed by atoms with E-state index in [1.807, 2.05) is 6.92 Å². The second-order valence-corrected chi connectivity index (χ2v) is 11.2. The van der Waals surface area contributed by atoms with E-state index in [9.17, 15) is 30.7 Å². The van der Waals surface area contributed by atoms with E-state index in [0.29, 0.717) is 19.3 Å². The fourth-order valence-electron chi connectivity index (χ4n) is 5.40. The average molecular weight is 632 g/mol. The van der Waals surface area contributed by atoms with E-state index in [4.69, 9.17) is 0 Å². The summed E-state index contributed by atoms with van der Waals surface area (Å²) in [7, 11) is 0. The summed E-state index contributed by atoms with van der Waals surface area (Å²) >= 11 is 0. The molecule has 0 saturated carbocycles. The molecule has 2 aromatic rings. The second kappa shape index (κ2) is 11.4. The predicted octanol–water partition coefficient (Wildman–Crippen LogP) is 10.4. The summed E-state index contributed by atoms with van der Waals surface area (Å²) < 4.78 is 196. The van der Waals surface area contributed by atoms with E-state index in [2.05, 4.69) is 0 Å². The third kappa shape index (κ3) is 4.98. The van der Waals surface area contributed by atoms with Crippen LogP contribution in [0.3, 0.4) is 0 Å². The van der Waals surface area contributed by atoms with E-state index in [1.54, 1.807) is 0 Å². The molecule has 0 heterocycles. The number of allylic oxidation sites excluding steroid dienone is 4. The van der Waals surface area contributed by atoms with Crippen LogP contribution in [-0.2, 0) is 0 Å². The number of hydrogen-bond acceptors (Lipinski definition) is 1. The normalized spacial score (nSPS) is 21.1. The van der Waals surface area contributed by atoms with E-state index in [0.717, 1.165) is 6.42 Å². The summed E-state index contributed by atoms with van der Waals surface area (Å²) in [6.45, 7) is 3.23. The zero-order valence-electron chi connectivity index (χ0n) is 22.8. The van der Waals surface area contributed by atoms with Gasteiger partial charge in [0.05, 0.1) is 22.9 Å². The van der Waals surface area contributed by atoms with E-state index >= 15 is 26.3 Å². The Morgan fingerprint density at radius 3 is 1.81 bits per heavy atom. The molecule has 2 aliphatic rings. The third-order valence-electron chi connectivity index (χ3n) is 7.61. The number of unbranched alkanes of at least 4 members (excludes halogenated alkanes) is 3. The molecule has 235 valence electrons. The summed E-state index contributed by atoms with van der Waals surface area (Å²) in [6.07, 6.45) is -1.40. The Kier molecular flexibility index (Phi) is 8.66. The van der Waals surface area contributed by atoms with Gasteiger partial charge in [0.1, 0.15) is 5.83 Å². The first-order valence-electron chi connectivity index (χ1n) is 13.1. The molecule has 0 fully saturated rings. The van der Waals surface area contributed by atoms with Gasteiger partial charge in [-0.2, -0.15) is 0 Å². The van der Waals surface area contributed by atoms with Gasteiger partial charge in [-0.15, -0.1) is 0 Å². The Balaban J connectivity index is 2.09. The van der Waals surface area contributed by atoms with Crippen molar-refractivity contribution >= 4 is 16.5 Å². The number of anilines is 1. The maximum absolute atomic E-state index is 17.0. The number of halogens is 13. The van der Waals surface area contributed by atoms with Crippen LogP contribution in [0, 0.1) is 52.6 Å². The Labute approximate surface area is 237 Å². The largest absolute Gasteiger partial charge is 0.327 e. The monoisotopic (exact) mass is 632 g/mol. The molecule has 2 aromatic carbocycles. The summed E-state index contributed by atoms with van der Waals surface area (Å²) in [6, 6.07) is 0. The van der Waals surface area contributed by atoms with Crippen molar-refractivity contribution < 1.29 is 57.1 Å². The Bertz CT molecular complexity index is 1580. The Morgan fingerprint density at radius 2 is 1.26 bits per heavy atom. The van der Waals surface area contributed by atoms with Crippen LogP contribution in [0.4, 0.5) is 62.8 Å². The molecule has 0 N–H and O–H groups in total. The first-order valence-corrected chi connectivity index (χ1v) is 13.1. The molecule has 43 heavy (non-hydrogen) atoms.